The first-order valence-electron chi connectivity index (χ1n) is 21.4. The Hall–Kier alpha value is -5.96. The number of rotatable bonds is 3. The van der Waals surface area contributed by atoms with Crippen molar-refractivity contribution in [1.29, 1.82) is 0 Å². The van der Waals surface area contributed by atoms with Gasteiger partial charge in [0.25, 0.3) is 0 Å². The van der Waals surface area contributed by atoms with Gasteiger partial charge in [-0.25, -0.2) is 0 Å². The predicted molar refractivity (Wildman–Crippen MR) is 245 cm³/mol. The van der Waals surface area contributed by atoms with Gasteiger partial charge in [-0.2, -0.15) is 0 Å². The van der Waals surface area contributed by atoms with Gasteiger partial charge in [-0.3, -0.25) is 0 Å². The highest BCUT2D eigenvalue weighted by Gasteiger charge is 2.61. The van der Waals surface area contributed by atoms with Crippen LogP contribution in [0.3, 0.4) is 0 Å². The van der Waals surface area contributed by atoms with E-state index in [2.05, 4.69) is 168 Å². The van der Waals surface area contributed by atoms with Crippen molar-refractivity contribution in [2.75, 3.05) is 0 Å². The van der Waals surface area contributed by atoms with Gasteiger partial charge in [0.15, 0.2) is 0 Å². The number of aromatic nitrogens is 1. The summed E-state index contributed by atoms with van der Waals surface area (Å²) in [6.45, 7) is 0. The van der Waals surface area contributed by atoms with Crippen LogP contribution >= 0.6 is 11.3 Å². The van der Waals surface area contributed by atoms with Crippen LogP contribution in [0.15, 0.2) is 164 Å². The molecule has 15 rings (SSSR count). The fourth-order valence-corrected chi connectivity index (χ4v) is 14.5. The lowest BCUT2D eigenvalue weighted by Crippen LogP contribution is -2.55. The van der Waals surface area contributed by atoms with E-state index in [-0.39, 0.29) is 5.41 Å². The highest BCUT2D eigenvalue weighted by Crippen LogP contribution is 2.69. The predicted octanol–water partition coefficient (Wildman–Crippen LogP) is 15.4. The third-order valence-corrected chi connectivity index (χ3v) is 16.5. The zero-order valence-electron chi connectivity index (χ0n) is 32.3. The van der Waals surface area contributed by atoms with Gasteiger partial charge < -0.3 is 4.57 Å². The van der Waals surface area contributed by atoms with E-state index >= 15 is 0 Å². The number of hydrogen-bond acceptors (Lipinski definition) is 1. The summed E-state index contributed by atoms with van der Waals surface area (Å²) < 4.78 is 5.21. The van der Waals surface area contributed by atoms with Crippen LogP contribution in [0, 0.1) is 23.7 Å². The molecule has 276 valence electrons. The minimum absolute atomic E-state index is 0.160. The average Bonchev–Trinajstić information content (AvgIpc) is 3.90. The summed E-state index contributed by atoms with van der Waals surface area (Å²) >= 11 is 1.89. The molecule has 2 heteroatoms. The molecule has 10 aromatic rings. The molecule has 2 heterocycles. The van der Waals surface area contributed by atoms with E-state index in [1.54, 1.807) is 11.1 Å². The highest BCUT2D eigenvalue weighted by molar-refractivity contribution is 7.25. The summed E-state index contributed by atoms with van der Waals surface area (Å²) in [6.07, 6.45) is 7.10. The fourth-order valence-electron chi connectivity index (χ4n) is 13.4. The van der Waals surface area contributed by atoms with Gasteiger partial charge in [0.2, 0.25) is 0 Å². The Bertz CT molecular complexity index is 3350. The Kier molecular flexibility index (Phi) is 6.40. The fraction of sp³-hybridized carbons (Fsp3) is 0.179. The number of nitrogens with zero attached hydrogens (tertiary/aromatic N) is 1. The third kappa shape index (κ3) is 4.16. The van der Waals surface area contributed by atoms with Crippen molar-refractivity contribution < 1.29 is 0 Å². The smallest absolute Gasteiger partial charge is 0.0547 e. The van der Waals surface area contributed by atoms with Crippen molar-refractivity contribution in [3.05, 3.63) is 175 Å². The molecule has 1 nitrogen and oxygen atoms in total. The molecule has 5 aliphatic rings. The van der Waals surface area contributed by atoms with Crippen molar-refractivity contribution in [3.8, 4) is 39.1 Å². The van der Waals surface area contributed by atoms with Crippen molar-refractivity contribution in [3.63, 3.8) is 0 Å². The molecule has 0 amide bonds. The van der Waals surface area contributed by atoms with E-state index in [0.717, 1.165) is 23.7 Å². The zero-order valence-corrected chi connectivity index (χ0v) is 33.1. The summed E-state index contributed by atoms with van der Waals surface area (Å²) in [5.74, 6) is 3.39. The van der Waals surface area contributed by atoms with Crippen molar-refractivity contribution in [2.24, 2.45) is 23.7 Å². The average molecular weight is 760 g/mol. The molecule has 0 aliphatic heterocycles. The minimum Gasteiger partial charge on any atom is -0.309 e. The largest absolute Gasteiger partial charge is 0.309 e. The van der Waals surface area contributed by atoms with Crippen molar-refractivity contribution in [1.82, 2.24) is 4.57 Å². The van der Waals surface area contributed by atoms with Crippen LogP contribution in [0.4, 0.5) is 0 Å². The molecule has 8 aromatic carbocycles. The Morgan fingerprint density at radius 1 is 0.397 bits per heavy atom. The molecule has 4 bridgehead atoms. The Morgan fingerprint density at radius 2 is 1.00 bits per heavy atom. The van der Waals surface area contributed by atoms with E-state index in [4.69, 9.17) is 0 Å². The van der Waals surface area contributed by atoms with Gasteiger partial charge in [0.1, 0.15) is 0 Å². The maximum Gasteiger partial charge on any atom is 0.0547 e. The van der Waals surface area contributed by atoms with Crippen LogP contribution in [0.2, 0.25) is 0 Å². The topological polar surface area (TPSA) is 4.93 Å². The van der Waals surface area contributed by atoms with Crippen LogP contribution in [0.5, 0.6) is 0 Å². The quantitative estimate of drug-likeness (QED) is 0.169. The molecule has 58 heavy (non-hydrogen) atoms. The molecule has 0 unspecified atom stereocenters. The molecule has 5 aliphatic carbocycles. The molecule has 0 saturated heterocycles. The number of fused-ring (bicyclic) bond motifs is 10. The van der Waals surface area contributed by atoms with Gasteiger partial charge in [0, 0.05) is 41.7 Å². The van der Waals surface area contributed by atoms with Crippen molar-refractivity contribution in [2.45, 2.75) is 37.5 Å². The second-order valence-electron chi connectivity index (χ2n) is 18.1. The van der Waals surface area contributed by atoms with E-state index in [1.165, 1.54) is 124 Å². The monoisotopic (exact) mass is 759 g/mol. The Morgan fingerprint density at radius 3 is 1.84 bits per heavy atom. The highest BCUT2D eigenvalue weighted by atomic mass is 32.1. The normalized spacial score (nSPS) is 22.9. The SMILES string of the molecule is c1ccc2c(c1)-c1ccc(-c3ccc(-n4c5ccccc5c5ccc(-c6ccc7c(c6)sc6ccccc67)cc54)c4ccccc34)cc1C21C2CC3CC(C2)CC1C3. The van der Waals surface area contributed by atoms with Crippen LogP contribution < -0.4 is 0 Å². The Labute approximate surface area is 342 Å². The van der Waals surface area contributed by atoms with E-state index in [9.17, 15) is 0 Å². The second-order valence-corrected chi connectivity index (χ2v) is 19.1. The van der Waals surface area contributed by atoms with Gasteiger partial charge in [-0.05, 0) is 142 Å². The number of hydrogen-bond donors (Lipinski definition) is 0. The molecule has 2 aromatic heterocycles. The molecular weight excluding hydrogens is 719 g/mol. The van der Waals surface area contributed by atoms with Gasteiger partial charge in [0.05, 0.1) is 16.7 Å². The van der Waals surface area contributed by atoms with Crippen LogP contribution in [-0.2, 0) is 5.41 Å². The van der Waals surface area contributed by atoms with E-state index < -0.39 is 0 Å². The lowest BCUT2D eigenvalue weighted by Gasteiger charge is -2.61. The standard InChI is InChI=1S/C56H41NS/c1-2-11-44-41(9-1)40(37-19-20-43-42-10-3-6-14-49(42)56(50(43)30-37)38-26-33-25-34(28-38)29-39(56)27-33)23-24-52(44)57-51-15-7-4-12-45(51)46-21-17-35(31-53(46)57)36-18-22-48-47-13-5-8-16-54(47)58-55(48)32-36/h1-24,30-34,38-39H,25-29H2. The lowest BCUT2D eigenvalue weighted by molar-refractivity contribution is -0.0399. The Balaban J connectivity index is 0.948. The summed E-state index contributed by atoms with van der Waals surface area (Å²) in [5, 5.41) is 7.86. The zero-order chi connectivity index (χ0) is 37.7. The number of benzene rings is 8. The molecule has 0 radical (unpaired) electrons. The molecule has 0 N–H and O–H groups in total. The lowest BCUT2D eigenvalue weighted by atomic mass is 9.43. The minimum atomic E-state index is 0.160. The number of thiophene rings is 1. The maximum absolute atomic E-state index is 2.65. The molecule has 0 atom stereocenters. The van der Waals surface area contributed by atoms with Gasteiger partial charge >= 0.3 is 0 Å². The molecular formula is C56H41NS. The van der Waals surface area contributed by atoms with Crippen LogP contribution in [0.1, 0.15) is 43.2 Å². The number of para-hydroxylation sites is 1. The molecule has 4 saturated carbocycles. The molecule has 4 fully saturated rings. The van der Waals surface area contributed by atoms with Gasteiger partial charge in [-0.15, -0.1) is 11.3 Å². The van der Waals surface area contributed by atoms with E-state index in [0.29, 0.717) is 0 Å². The summed E-state index contributed by atoms with van der Waals surface area (Å²) in [4.78, 5) is 0. The first-order chi connectivity index (χ1) is 28.7. The first kappa shape index (κ1) is 32.0. The maximum atomic E-state index is 2.65. The molecule has 1 spiro atoms. The second kappa shape index (κ2) is 11.6. The van der Waals surface area contributed by atoms with Crippen molar-refractivity contribution >= 4 is 64.1 Å². The van der Waals surface area contributed by atoms with E-state index in [1.807, 2.05) is 11.3 Å². The van der Waals surface area contributed by atoms with Crippen LogP contribution in [0.25, 0.3) is 91.8 Å². The van der Waals surface area contributed by atoms with Crippen LogP contribution in [-0.4, -0.2) is 4.57 Å². The summed E-state index contributed by atoms with van der Waals surface area (Å²) in [5.41, 5.74) is 15.3. The first-order valence-corrected chi connectivity index (χ1v) is 22.2. The summed E-state index contributed by atoms with van der Waals surface area (Å²) in [6, 6.07) is 62.8. The summed E-state index contributed by atoms with van der Waals surface area (Å²) in [7, 11) is 0. The van der Waals surface area contributed by atoms with Gasteiger partial charge in [-0.1, -0.05) is 127 Å². The third-order valence-electron chi connectivity index (χ3n) is 15.4.